The van der Waals surface area contributed by atoms with Crippen LogP contribution in [-0.4, -0.2) is 81.0 Å². The van der Waals surface area contributed by atoms with Gasteiger partial charge in [0.1, 0.15) is 6.33 Å². The Morgan fingerprint density at radius 1 is 1.20 bits per heavy atom. The molecule has 2 atom stereocenters. The maximum Gasteiger partial charge on any atom is 0.321 e. The molecule has 9 nitrogen and oxygen atoms in total. The van der Waals surface area contributed by atoms with Gasteiger partial charge >= 0.3 is 6.03 Å². The molecule has 2 unspecified atom stereocenters. The molecular formula is C21H31N7O2. The number of amides is 2. The Morgan fingerprint density at radius 3 is 2.60 bits per heavy atom. The first-order chi connectivity index (χ1) is 14.5. The minimum absolute atomic E-state index is 0.0476. The van der Waals surface area contributed by atoms with Gasteiger partial charge in [-0.25, -0.2) is 9.48 Å². The normalized spacial score (nSPS) is 23.5. The lowest BCUT2D eigenvalue weighted by Crippen LogP contribution is -2.49. The molecule has 9 heteroatoms. The molecule has 0 spiro atoms. The van der Waals surface area contributed by atoms with E-state index < -0.39 is 0 Å². The standard InChI is InChI=1S/C21H31N7O2/c1-15-4-5-19(10-20(15)28-14-22-24-25-28)23-21(29)27-8-6-18(7-9-27)13-26-11-16(2)30-17(3)12-26/h4-5,10,14,16-18H,6-9,11-13H2,1-3H3,(H,23,29). The summed E-state index contributed by atoms with van der Waals surface area (Å²) >= 11 is 0. The summed E-state index contributed by atoms with van der Waals surface area (Å²) in [5, 5.41) is 14.3. The molecule has 2 amide bonds. The highest BCUT2D eigenvalue weighted by Gasteiger charge is 2.28. The predicted molar refractivity (Wildman–Crippen MR) is 114 cm³/mol. The number of hydrogen-bond acceptors (Lipinski definition) is 6. The van der Waals surface area contributed by atoms with Crippen molar-refractivity contribution in [3.8, 4) is 5.69 Å². The van der Waals surface area contributed by atoms with E-state index in [0.717, 1.165) is 62.5 Å². The van der Waals surface area contributed by atoms with Crippen LogP contribution in [0.3, 0.4) is 0 Å². The second kappa shape index (κ2) is 9.09. The van der Waals surface area contributed by atoms with E-state index in [1.165, 1.54) is 0 Å². The van der Waals surface area contributed by atoms with Crippen molar-refractivity contribution >= 4 is 11.7 Å². The molecule has 0 aliphatic carbocycles. The van der Waals surface area contributed by atoms with Gasteiger partial charge in [-0.1, -0.05) is 6.07 Å². The lowest BCUT2D eigenvalue weighted by Gasteiger charge is -2.39. The van der Waals surface area contributed by atoms with Gasteiger partial charge in [-0.15, -0.1) is 5.10 Å². The van der Waals surface area contributed by atoms with Gasteiger partial charge in [-0.2, -0.15) is 0 Å². The molecule has 0 bridgehead atoms. The average Bonchev–Trinajstić information content (AvgIpc) is 3.24. The number of ether oxygens (including phenoxy) is 1. The third-order valence-corrected chi connectivity index (χ3v) is 5.97. The molecule has 30 heavy (non-hydrogen) atoms. The molecule has 2 fully saturated rings. The molecule has 1 aromatic carbocycles. The van der Waals surface area contributed by atoms with Gasteiger partial charge < -0.3 is 15.0 Å². The van der Waals surface area contributed by atoms with Gasteiger partial charge in [-0.05, 0) is 67.7 Å². The summed E-state index contributed by atoms with van der Waals surface area (Å²) in [5.41, 5.74) is 2.63. The van der Waals surface area contributed by atoms with Gasteiger partial charge in [0.2, 0.25) is 0 Å². The van der Waals surface area contributed by atoms with Crippen LogP contribution >= 0.6 is 0 Å². The molecule has 162 valence electrons. The average molecular weight is 414 g/mol. The number of morpholine rings is 1. The Morgan fingerprint density at radius 2 is 1.93 bits per heavy atom. The van der Waals surface area contributed by atoms with E-state index in [0.29, 0.717) is 18.1 Å². The van der Waals surface area contributed by atoms with Crippen LogP contribution in [-0.2, 0) is 4.74 Å². The topological polar surface area (TPSA) is 88.4 Å². The fourth-order valence-corrected chi connectivity index (χ4v) is 4.53. The number of tetrazole rings is 1. The quantitative estimate of drug-likeness (QED) is 0.828. The highest BCUT2D eigenvalue weighted by Crippen LogP contribution is 2.23. The van der Waals surface area contributed by atoms with E-state index in [2.05, 4.69) is 39.6 Å². The molecule has 0 saturated carbocycles. The minimum atomic E-state index is -0.0476. The van der Waals surface area contributed by atoms with Crippen molar-refractivity contribution in [3.63, 3.8) is 0 Å². The van der Waals surface area contributed by atoms with Crippen molar-refractivity contribution in [1.82, 2.24) is 30.0 Å². The second-order valence-electron chi connectivity index (χ2n) is 8.59. The summed E-state index contributed by atoms with van der Waals surface area (Å²) in [6.45, 7) is 11.0. The third-order valence-electron chi connectivity index (χ3n) is 5.97. The van der Waals surface area contributed by atoms with Crippen molar-refractivity contribution in [2.45, 2.75) is 45.8 Å². The summed E-state index contributed by atoms with van der Waals surface area (Å²) in [6.07, 6.45) is 4.23. The van der Waals surface area contributed by atoms with Crippen LogP contribution in [0.4, 0.5) is 10.5 Å². The molecular weight excluding hydrogens is 382 g/mol. The molecule has 0 radical (unpaired) electrons. The maximum atomic E-state index is 12.8. The van der Waals surface area contributed by atoms with Crippen LogP contribution in [0.1, 0.15) is 32.3 Å². The molecule has 2 aliphatic heterocycles. The zero-order valence-electron chi connectivity index (χ0n) is 18.0. The third kappa shape index (κ3) is 4.96. The number of benzene rings is 1. The number of aryl methyl sites for hydroxylation is 1. The van der Waals surface area contributed by atoms with Crippen LogP contribution in [0.25, 0.3) is 5.69 Å². The van der Waals surface area contributed by atoms with Crippen LogP contribution in [0.5, 0.6) is 0 Å². The van der Waals surface area contributed by atoms with E-state index in [1.54, 1.807) is 11.0 Å². The highest BCUT2D eigenvalue weighted by atomic mass is 16.5. The first-order valence-electron chi connectivity index (χ1n) is 10.8. The molecule has 1 N–H and O–H groups in total. The number of nitrogens with zero attached hydrogens (tertiary/aromatic N) is 6. The number of likely N-dealkylation sites (tertiary alicyclic amines) is 1. The van der Waals surface area contributed by atoms with Gasteiger partial charge in [-0.3, -0.25) is 4.90 Å². The molecule has 2 aromatic rings. The van der Waals surface area contributed by atoms with Crippen molar-refractivity contribution in [2.75, 3.05) is 38.0 Å². The smallest absolute Gasteiger partial charge is 0.321 e. The van der Waals surface area contributed by atoms with Crippen molar-refractivity contribution < 1.29 is 9.53 Å². The maximum absolute atomic E-state index is 12.8. The Bertz CT molecular complexity index is 839. The predicted octanol–water partition coefficient (Wildman–Crippen LogP) is 2.32. The van der Waals surface area contributed by atoms with E-state index in [1.807, 2.05) is 30.0 Å². The number of rotatable bonds is 4. The lowest BCUT2D eigenvalue weighted by atomic mass is 9.96. The zero-order chi connectivity index (χ0) is 21.1. The molecule has 2 aliphatic rings. The first kappa shape index (κ1) is 20.7. The van der Waals surface area contributed by atoms with Gasteiger partial charge in [0, 0.05) is 38.4 Å². The van der Waals surface area contributed by atoms with Crippen LogP contribution in [0.15, 0.2) is 24.5 Å². The number of hydrogen-bond donors (Lipinski definition) is 1. The summed E-state index contributed by atoms with van der Waals surface area (Å²) in [7, 11) is 0. The van der Waals surface area contributed by atoms with E-state index in [4.69, 9.17) is 4.74 Å². The van der Waals surface area contributed by atoms with E-state index >= 15 is 0 Å². The van der Waals surface area contributed by atoms with Crippen molar-refractivity contribution in [3.05, 3.63) is 30.1 Å². The fraction of sp³-hybridized carbons (Fsp3) is 0.619. The first-order valence-corrected chi connectivity index (χ1v) is 10.8. The number of aromatic nitrogens is 4. The number of nitrogens with one attached hydrogen (secondary N) is 1. The number of carbonyl (C=O) groups is 1. The Balaban J connectivity index is 1.29. The van der Waals surface area contributed by atoms with Crippen LogP contribution < -0.4 is 5.32 Å². The monoisotopic (exact) mass is 413 g/mol. The van der Waals surface area contributed by atoms with Crippen LogP contribution in [0.2, 0.25) is 0 Å². The fourth-order valence-electron chi connectivity index (χ4n) is 4.53. The van der Waals surface area contributed by atoms with Crippen molar-refractivity contribution in [1.29, 1.82) is 0 Å². The van der Waals surface area contributed by atoms with Crippen LogP contribution in [0, 0.1) is 12.8 Å². The summed E-state index contributed by atoms with van der Waals surface area (Å²) in [6, 6.07) is 5.73. The number of urea groups is 1. The van der Waals surface area contributed by atoms with E-state index in [9.17, 15) is 4.79 Å². The van der Waals surface area contributed by atoms with Crippen molar-refractivity contribution in [2.24, 2.45) is 5.92 Å². The Kier molecular flexibility index (Phi) is 6.29. The summed E-state index contributed by atoms with van der Waals surface area (Å²) < 4.78 is 7.44. The largest absolute Gasteiger partial charge is 0.373 e. The second-order valence-corrected chi connectivity index (χ2v) is 8.59. The molecule has 2 saturated heterocycles. The summed E-state index contributed by atoms with van der Waals surface area (Å²) in [4.78, 5) is 17.2. The minimum Gasteiger partial charge on any atom is -0.373 e. The lowest BCUT2D eigenvalue weighted by molar-refractivity contribution is -0.0728. The number of piperidine rings is 1. The highest BCUT2D eigenvalue weighted by molar-refractivity contribution is 5.89. The Hall–Kier alpha value is -2.52. The number of anilines is 1. The molecule has 1 aromatic heterocycles. The Labute approximate surface area is 177 Å². The SMILES string of the molecule is Cc1ccc(NC(=O)N2CCC(CN3CC(C)OC(C)C3)CC2)cc1-n1cnnn1. The van der Waals surface area contributed by atoms with Gasteiger partial charge in [0.15, 0.2) is 0 Å². The van der Waals surface area contributed by atoms with Gasteiger partial charge in [0.05, 0.1) is 17.9 Å². The number of carbonyl (C=O) groups excluding carboxylic acids is 1. The molecule has 3 heterocycles. The van der Waals surface area contributed by atoms with E-state index in [-0.39, 0.29) is 6.03 Å². The molecule has 4 rings (SSSR count). The van der Waals surface area contributed by atoms with Gasteiger partial charge in [0.25, 0.3) is 0 Å². The summed E-state index contributed by atoms with van der Waals surface area (Å²) in [5.74, 6) is 0.636. The zero-order valence-corrected chi connectivity index (χ0v) is 18.0.